The van der Waals surface area contributed by atoms with Crippen LogP contribution in [0.15, 0.2) is 0 Å². The summed E-state index contributed by atoms with van der Waals surface area (Å²) >= 11 is 0. The average molecular weight is 229 g/mol. The summed E-state index contributed by atoms with van der Waals surface area (Å²) in [6.45, 7) is 7.35. The van der Waals surface area contributed by atoms with Crippen LogP contribution < -0.4 is 5.32 Å². The van der Waals surface area contributed by atoms with E-state index in [1.807, 2.05) is 6.92 Å². The molecule has 0 bridgehead atoms. The van der Waals surface area contributed by atoms with E-state index in [1.165, 1.54) is 38.5 Å². The number of rotatable bonds is 10. The Morgan fingerprint density at radius 2 is 1.75 bits per heavy atom. The van der Waals surface area contributed by atoms with Crippen LogP contribution in [0.2, 0.25) is 0 Å². The number of unbranched alkanes of at least 4 members (excludes halogenated alkanes) is 4. The van der Waals surface area contributed by atoms with Crippen molar-refractivity contribution in [2.75, 3.05) is 6.54 Å². The Morgan fingerprint density at radius 3 is 2.38 bits per heavy atom. The maximum absolute atomic E-state index is 10.9. The number of hydrogen-bond donors (Lipinski definition) is 1. The molecule has 0 aliphatic carbocycles. The van der Waals surface area contributed by atoms with E-state index in [0.29, 0.717) is 6.42 Å². The molecule has 0 saturated carbocycles. The van der Waals surface area contributed by atoms with Crippen LogP contribution in [0.25, 0.3) is 0 Å². The van der Waals surface area contributed by atoms with Crippen molar-refractivity contribution in [3.8, 4) is 0 Å². The van der Waals surface area contributed by atoms with Crippen LogP contribution in [-0.2, 0) is 4.79 Å². The lowest BCUT2D eigenvalue weighted by Gasteiger charge is -2.07. The lowest BCUT2D eigenvalue weighted by atomic mass is 10.00. The minimum atomic E-state index is 0. The second kappa shape index (κ2) is 11.0. The smallest absolute Gasteiger partial charge is 0.219 e. The van der Waals surface area contributed by atoms with E-state index in [2.05, 4.69) is 19.2 Å². The lowest BCUT2D eigenvalue weighted by molar-refractivity contribution is -0.120. The minimum Gasteiger partial charge on any atom is -0.356 e. The highest BCUT2D eigenvalue weighted by molar-refractivity contribution is 5.75. The summed E-state index contributed by atoms with van der Waals surface area (Å²) in [7, 11) is 0. The fraction of sp³-hybridized carbons (Fsp3) is 0.929. The van der Waals surface area contributed by atoms with Crippen LogP contribution in [-0.4, -0.2) is 12.5 Å². The van der Waals surface area contributed by atoms with Crippen molar-refractivity contribution >= 4 is 5.91 Å². The fourth-order valence-electron chi connectivity index (χ4n) is 1.71. The van der Waals surface area contributed by atoms with Crippen LogP contribution in [0.3, 0.4) is 0 Å². The van der Waals surface area contributed by atoms with Crippen molar-refractivity contribution < 1.29 is 6.22 Å². The number of carbonyl (C=O) groups is 1. The maximum Gasteiger partial charge on any atom is 0.219 e. The molecule has 2 nitrogen and oxygen atoms in total. The van der Waals surface area contributed by atoms with E-state index in [1.54, 1.807) is 0 Å². The van der Waals surface area contributed by atoms with E-state index < -0.39 is 0 Å². The first-order valence-corrected chi connectivity index (χ1v) is 6.97. The van der Waals surface area contributed by atoms with Crippen molar-refractivity contribution in [1.29, 1.82) is 0 Å². The summed E-state index contributed by atoms with van der Waals surface area (Å²) in [4.78, 5) is 10.9. The third kappa shape index (κ3) is 10.0. The van der Waals surface area contributed by atoms with Crippen LogP contribution in [0.4, 0.5) is 0 Å². The van der Waals surface area contributed by atoms with Crippen LogP contribution in [0.1, 0.15) is 73.6 Å². The molecule has 98 valence electrons. The van der Waals surface area contributed by atoms with Gasteiger partial charge in [0.2, 0.25) is 5.91 Å². The average Bonchev–Trinajstić information content (AvgIpc) is 2.31. The molecule has 0 heterocycles. The molecular formula is C14H31NO. The van der Waals surface area contributed by atoms with Crippen molar-refractivity contribution in [2.24, 2.45) is 5.92 Å². The zero-order chi connectivity index (χ0) is 12.2. The molecule has 0 aromatic heterocycles. The third-order valence-electron chi connectivity index (χ3n) is 3.21. The van der Waals surface area contributed by atoms with Crippen LogP contribution >= 0.6 is 0 Å². The molecule has 0 fully saturated rings. The Morgan fingerprint density at radius 1 is 1.12 bits per heavy atom. The van der Waals surface area contributed by atoms with Gasteiger partial charge in [0, 0.05) is 14.4 Å². The highest BCUT2D eigenvalue weighted by Gasteiger charge is 1.98. The number of carbonyl (C=O) groups excluding carboxylic acids is 1. The molecule has 1 N–H and O–H groups in total. The molecule has 0 aliphatic heterocycles. The predicted molar refractivity (Wildman–Crippen MR) is 72.6 cm³/mol. The quantitative estimate of drug-likeness (QED) is 0.560. The van der Waals surface area contributed by atoms with Gasteiger partial charge in [-0.1, -0.05) is 59.3 Å². The highest BCUT2D eigenvalue weighted by Crippen LogP contribution is 2.13. The Kier molecular flexibility index (Phi) is 10.6. The van der Waals surface area contributed by atoms with Gasteiger partial charge in [-0.25, -0.2) is 0 Å². The standard InChI is InChI=1S/C14H29NO.H2/c1-4-13(3)11-9-7-6-8-10-12-15-14(16)5-2;/h13H,4-12H2,1-3H3,(H,15,16);1H. The molecule has 0 aliphatic rings. The third-order valence-corrected chi connectivity index (χ3v) is 3.21. The number of hydrogen-bond acceptors (Lipinski definition) is 1. The summed E-state index contributed by atoms with van der Waals surface area (Å²) in [5.41, 5.74) is 0. The van der Waals surface area contributed by atoms with Gasteiger partial charge < -0.3 is 5.32 Å². The van der Waals surface area contributed by atoms with E-state index in [0.717, 1.165) is 18.9 Å². The molecule has 0 aromatic carbocycles. The van der Waals surface area contributed by atoms with Gasteiger partial charge in [0.1, 0.15) is 0 Å². The van der Waals surface area contributed by atoms with E-state index in [9.17, 15) is 4.79 Å². The topological polar surface area (TPSA) is 29.1 Å². The van der Waals surface area contributed by atoms with E-state index >= 15 is 0 Å². The van der Waals surface area contributed by atoms with Crippen LogP contribution in [0.5, 0.6) is 0 Å². The van der Waals surface area contributed by atoms with Gasteiger partial charge >= 0.3 is 0 Å². The Hall–Kier alpha value is -0.530. The van der Waals surface area contributed by atoms with Gasteiger partial charge in [0.25, 0.3) is 0 Å². The molecule has 2 heteroatoms. The Balaban J connectivity index is 0. The summed E-state index contributed by atoms with van der Waals surface area (Å²) in [5.74, 6) is 1.07. The van der Waals surface area contributed by atoms with Gasteiger partial charge in [-0.15, -0.1) is 0 Å². The SMILES string of the molecule is CCC(=O)NCCCCCCCC(C)CC.[HH]. The van der Waals surface area contributed by atoms with E-state index in [4.69, 9.17) is 0 Å². The van der Waals surface area contributed by atoms with Crippen LogP contribution in [0, 0.1) is 5.92 Å². The summed E-state index contributed by atoms with van der Waals surface area (Å²) in [6, 6.07) is 0. The van der Waals surface area contributed by atoms with Crippen molar-refractivity contribution in [2.45, 2.75) is 72.1 Å². The van der Waals surface area contributed by atoms with Crippen molar-refractivity contribution in [3.63, 3.8) is 0 Å². The Labute approximate surface area is 103 Å². The molecular weight excluding hydrogens is 198 g/mol. The van der Waals surface area contributed by atoms with Gasteiger partial charge in [-0.2, -0.15) is 0 Å². The second-order valence-electron chi connectivity index (χ2n) is 4.77. The molecule has 0 radical (unpaired) electrons. The maximum atomic E-state index is 10.9. The lowest BCUT2D eigenvalue weighted by Crippen LogP contribution is -2.23. The highest BCUT2D eigenvalue weighted by atomic mass is 16.1. The normalized spacial score (nSPS) is 12.4. The predicted octanol–water partition coefficient (Wildman–Crippen LogP) is 4.15. The number of nitrogens with one attached hydrogen (secondary N) is 1. The van der Waals surface area contributed by atoms with Crippen molar-refractivity contribution in [3.05, 3.63) is 0 Å². The minimum absolute atomic E-state index is 0. The van der Waals surface area contributed by atoms with Gasteiger partial charge in [-0.3, -0.25) is 4.79 Å². The zero-order valence-electron chi connectivity index (χ0n) is 11.3. The van der Waals surface area contributed by atoms with E-state index in [-0.39, 0.29) is 7.33 Å². The van der Waals surface area contributed by atoms with Gasteiger partial charge in [0.05, 0.1) is 0 Å². The monoisotopic (exact) mass is 229 g/mol. The molecule has 1 atom stereocenters. The molecule has 1 unspecified atom stereocenters. The Bertz CT molecular complexity index is 174. The largest absolute Gasteiger partial charge is 0.356 e. The zero-order valence-corrected chi connectivity index (χ0v) is 11.3. The second-order valence-corrected chi connectivity index (χ2v) is 4.77. The summed E-state index contributed by atoms with van der Waals surface area (Å²) in [5, 5.41) is 2.91. The first-order valence-electron chi connectivity index (χ1n) is 6.97. The van der Waals surface area contributed by atoms with Gasteiger partial charge in [0.15, 0.2) is 0 Å². The molecule has 0 spiro atoms. The summed E-state index contributed by atoms with van der Waals surface area (Å²) in [6.07, 6.45) is 9.72. The first kappa shape index (κ1) is 15.5. The molecule has 0 saturated heterocycles. The fourth-order valence-corrected chi connectivity index (χ4v) is 1.71. The molecule has 16 heavy (non-hydrogen) atoms. The molecule has 0 aromatic rings. The number of amides is 1. The molecule has 1 amide bonds. The first-order chi connectivity index (χ1) is 7.70. The van der Waals surface area contributed by atoms with Crippen molar-refractivity contribution in [1.82, 2.24) is 5.32 Å². The summed E-state index contributed by atoms with van der Waals surface area (Å²) < 4.78 is 0. The molecule has 0 rings (SSSR count). The van der Waals surface area contributed by atoms with Gasteiger partial charge in [-0.05, 0) is 12.3 Å².